The monoisotopic (exact) mass is 359 g/mol. The molecule has 2 amide bonds. The van der Waals surface area contributed by atoms with Crippen molar-refractivity contribution in [2.24, 2.45) is 0 Å². The zero-order chi connectivity index (χ0) is 15.9. The van der Waals surface area contributed by atoms with Gasteiger partial charge in [0.25, 0.3) is 0 Å². The Morgan fingerprint density at radius 1 is 1.29 bits per heavy atom. The number of ether oxygens (including phenoxy) is 2. The van der Waals surface area contributed by atoms with E-state index >= 15 is 0 Å². The van der Waals surface area contributed by atoms with Crippen molar-refractivity contribution in [3.05, 3.63) is 22.8 Å². The lowest BCUT2D eigenvalue weighted by Gasteiger charge is -2.19. The van der Waals surface area contributed by atoms with Gasteiger partial charge < -0.3 is 14.8 Å². The highest BCUT2D eigenvalue weighted by molar-refractivity contribution is 9.10. The highest BCUT2D eigenvalue weighted by Gasteiger charge is 2.15. The van der Waals surface area contributed by atoms with Gasteiger partial charge in [-0.05, 0) is 48.8 Å². The van der Waals surface area contributed by atoms with Gasteiger partial charge in [0.1, 0.15) is 22.6 Å². The second kappa shape index (κ2) is 7.82. The second-order valence-electron chi connectivity index (χ2n) is 5.04. The maximum atomic E-state index is 11.5. The van der Waals surface area contributed by atoms with Crippen LogP contribution >= 0.6 is 15.9 Å². The number of hydrogen-bond donors (Lipinski definition) is 2. The molecule has 0 unspecified atom stereocenters. The predicted octanol–water partition coefficient (Wildman–Crippen LogP) is 2.92. The minimum atomic E-state index is -0.647. The fraction of sp³-hybridized carbons (Fsp3) is 0.462. The van der Waals surface area contributed by atoms with Crippen molar-refractivity contribution >= 4 is 33.9 Å². The Morgan fingerprint density at radius 3 is 2.62 bits per heavy atom. The number of carbonyl (C=O) groups excluding carboxylic acids is 2. The summed E-state index contributed by atoms with van der Waals surface area (Å²) in [5, 5.41) is 4.94. The van der Waals surface area contributed by atoms with E-state index in [1.165, 1.54) is 0 Å². The van der Waals surface area contributed by atoms with Crippen molar-refractivity contribution in [3.8, 4) is 0 Å². The van der Waals surface area contributed by atoms with Crippen molar-refractivity contribution in [2.75, 3.05) is 18.5 Å². The molecule has 2 N–H and O–H groups in total. The summed E-state index contributed by atoms with van der Waals surface area (Å²) in [4.78, 5) is 26.8. The first-order valence-corrected chi connectivity index (χ1v) is 7.09. The average molecular weight is 360 g/mol. The molecule has 0 fully saturated rings. The van der Waals surface area contributed by atoms with E-state index in [1.807, 2.05) is 0 Å². The van der Waals surface area contributed by atoms with Crippen LogP contribution in [0.4, 0.5) is 15.4 Å². The Kier molecular flexibility index (Phi) is 6.41. The van der Waals surface area contributed by atoms with E-state index < -0.39 is 17.8 Å². The first-order valence-electron chi connectivity index (χ1n) is 6.29. The summed E-state index contributed by atoms with van der Waals surface area (Å²) in [6.45, 7) is 5.48. The summed E-state index contributed by atoms with van der Waals surface area (Å²) in [7, 11) is 0. The summed E-state index contributed by atoms with van der Waals surface area (Å²) in [6, 6.07) is 5.10. The molecule has 0 saturated carbocycles. The molecule has 0 saturated heterocycles. The number of hydrogen-bond acceptors (Lipinski definition) is 5. The number of carbonyl (C=O) groups is 2. The fourth-order valence-electron chi connectivity index (χ4n) is 1.23. The van der Waals surface area contributed by atoms with Crippen LogP contribution in [0, 0.1) is 0 Å². The van der Waals surface area contributed by atoms with E-state index in [-0.39, 0.29) is 13.2 Å². The van der Waals surface area contributed by atoms with Gasteiger partial charge in [-0.15, -0.1) is 0 Å². The largest absolute Gasteiger partial charge is 0.447 e. The van der Waals surface area contributed by atoms with Crippen LogP contribution in [0.3, 0.4) is 0 Å². The van der Waals surface area contributed by atoms with E-state index in [4.69, 9.17) is 9.47 Å². The van der Waals surface area contributed by atoms with Crippen LogP contribution in [-0.4, -0.2) is 35.9 Å². The predicted molar refractivity (Wildman–Crippen MR) is 81.1 cm³/mol. The Hall–Kier alpha value is -1.83. The van der Waals surface area contributed by atoms with Crippen LogP contribution in [0.15, 0.2) is 22.8 Å². The van der Waals surface area contributed by atoms with Gasteiger partial charge in [0.2, 0.25) is 0 Å². The Bertz CT molecular complexity index is 502. The van der Waals surface area contributed by atoms with E-state index in [0.717, 1.165) is 0 Å². The molecule has 21 heavy (non-hydrogen) atoms. The van der Waals surface area contributed by atoms with Crippen molar-refractivity contribution in [2.45, 2.75) is 26.4 Å². The molecule has 0 aliphatic rings. The molecule has 1 heterocycles. The lowest BCUT2D eigenvalue weighted by Crippen LogP contribution is -2.34. The quantitative estimate of drug-likeness (QED) is 0.637. The molecule has 0 aliphatic carbocycles. The molecule has 0 aromatic carbocycles. The van der Waals surface area contributed by atoms with Gasteiger partial charge in [-0.3, -0.25) is 5.32 Å². The number of aromatic nitrogens is 1. The van der Waals surface area contributed by atoms with Crippen LogP contribution in [0.5, 0.6) is 0 Å². The maximum absolute atomic E-state index is 11.5. The van der Waals surface area contributed by atoms with Gasteiger partial charge in [0, 0.05) is 0 Å². The summed E-state index contributed by atoms with van der Waals surface area (Å²) in [6.07, 6.45) is -1.20. The molecule has 0 bridgehead atoms. The molecule has 1 aromatic heterocycles. The first kappa shape index (κ1) is 17.2. The van der Waals surface area contributed by atoms with E-state index in [9.17, 15) is 9.59 Å². The maximum Gasteiger partial charge on any atom is 0.412 e. The topological polar surface area (TPSA) is 89.5 Å². The summed E-state index contributed by atoms with van der Waals surface area (Å²) in [5.41, 5.74) is -0.561. The van der Waals surface area contributed by atoms with Gasteiger partial charge in [0.15, 0.2) is 0 Å². The number of nitrogens with zero attached hydrogens (tertiary/aromatic N) is 1. The number of alkyl carbamates (subject to hydrolysis) is 1. The highest BCUT2D eigenvalue weighted by Crippen LogP contribution is 2.10. The van der Waals surface area contributed by atoms with Gasteiger partial charge >= 0.3 is 12.2 Å². The van der Waals surface area contributed by atoms with Gasteiger partial charge in [-0.2, -0.15) is 0 Å². The number of amides is 2. The molecule has 1 aromatic rings. The molecule has 0 radical (unpaired) electrons. The molecule has 0 atom stereocenters. The highest BCUT2D eigenvalue weighted by atomic mass is 79.9. The van der Waals surface area contributed by atoms with E-state index in [1.54, 1.807) is 39.0 Å². The molecular weight excluding hydrogens is 342 g/mol. The van der Waals surface area contributed by atoms with Crippen molar-refractivity contribution in [1.82, 2.24) is 10.3 Å². The van der Waals surface area contributed by atoms with Crippen molar-refractivity contribution in [3.63, 3.8) is 0 Å². The summed E-state index contributed by atoms with van der Waals surface area (Å²) < 4.78 is 10.5. The lowest BCUT2D eigenvalue weighted by molar-refractivity contribution is 0.0514. The van der Waals surface area contributed by atoms with Crippen molar-refractivity contribution in [1.29, 1.82) is 0 Å². The van der Waals surface area contributed by atoms with Gasteiger partial charge in [0.05, 0.1) is 6.54 Å². The molecule has 0 aliphatic heterocycles. The average Bonchev–Trinajstić information content (AvgIpc) is 2.32. The number of nitrogens with one attached hydrogen (secondary N) is 2. The second-order valence-corrected chi connectivity index (χ2v) is 5.85. The Balaban J connectivity index is 2.21. The van der Waals surface area contributed by atoms with Gasteiger partial charge in [-0.1, -0.05) is 6.07 Å². The third-order valence-corrected chi connectivity index (χ3v) is 2.39. The van der Waals surface area contributed by atoms with Crippen molar-refractivity contribution < 1.29 is 19.1 Å². The molecule has 7 nitrogen and oxygen atoms in total. The Morgan fingerprint density at radius 2 is 2.00 bits per heavy atom. The SMILES string of the molecule is CC(C)(C)OC(=O)NCCOC(=O)Nc1cccc(Br)n1. The van der Waals surface area contributed by atoms with E-state index in [2.05, 4.69) is 31.5 Å². The smallest absolute Gasteiger partial charge is 0.412 e. The standard InChI is InChI=1S/C13H18BrN3O4/c1-13(2,3)21-11(18)15-7-8-20-12(19)17-10-6-4-5-9(14)16-10/h4-6H,7-8H2,1-3H3,(H,15,18)(H,16,17,19). The third-order valence-electron chi connectivity index (χ3n) is 1.95. The molecule has 116 valence electrons. The molecular formula is C13H18BrN3O4. The van der Waals surface area contributed by atoms with Crippen LogP contribution in [0.25, 0.3) is 0 Å². The third kappa shape index (κ3) is 8.13. The fourth-order valence-corrected chi connectivity index (χ4v) is 1.57. The lowest BCUT2D eigenvalue weighted by atomic mass is 10.2. The summed E-state index contributed by atoms with van der Waals surface area (Å²) >= 11 is 3.19. The zero-order valence-electron chi connectivity index (χ0n) is 12.1. The number of pyridine rings is 1. The van der Waals surface area contributed by atoms with Crippen LogP contribution in [0.2, 0.25) is 0 Å². The van der Waals surface area contributed by atoms with Crippen LogP contribution in [-0.2, 0) is 9.47 Å². The Labute approximate surface area is 131 Å². The van der Waals surface area contributed by atoms with Crippen LogP contribution in [0.1, 0.15) is 20.8 Å². The summed E-state index contributed by atoms with van der Waals surface area (Å²) in [5.74, 6) is 0.370. The normalized spacial score (nSPS) is 10.7. The molecule has 1 rings (SSSR count). The van der Waals surface area contributed by atoms with E-state index in [0.29, 0.717) is 10.4 Å². The number of rotatable bonds is 4. The molecule has 8 heteroatoms. The van der Waals surface area contributed by atoms with Crippen LogP contribution < -0.4 is 10.6 Å². The van der Waals surface area contributed by atoms with Gasteiger partial charge in [-0.25, -0.2) is 14.6 Å². The zero-order valence-corrected chi connectivity index (χ0v) is 13.7. The molecule has 0 spiro atoms. The number of anilines is 1. The number of halogens is 1. The minimum absolute atomic E-state index is 0.0269. The minimum Gasteiger partial charge on any atom is -0.447 e. The first-order chi connectivity index (χ1) is 9.76.